The molecule has 0 aromatic rings. The molecule has 0 spiro atoms. The molecular formula is C82H136N10O3S3. The first-order chi connectivity index (χ1) is 43.4. The Morgan fingerprint density at radius 2 is 0.724 bits per heavy atom. The molecule has 8 aliphatic heterocycles. The third kappa shape index (κ3) is 18.4. The van der Waals surface area contributed by atoms with Crippen LogP contribution in [0.4, 0.5) is 0 Å². The number of hydrogen-bond donors (Lipinski definition) is 0. The van der Waals surface area contributed by atoms with Crippen molar-refractivity contribution < 1.29 is 14.2 Å². The second-order valence-corrected chi connectivity index (χ2v) is 37.1. The molecule has 0 atom stereocenters. The predicted molar refractivity (Wildman–Crippen MR) is 439 cm³/mol. The van der Waals surface area contributed by atoms with Gasteiger partial charge in [0.2, 0.25) is 0 Å². The number of ether oxygens (including phenoxy) is 3. The van der Waals surface area contributed by atoms with E-state index in [1.165, 1.54) is 9.81 Å². The first-order valence-corrected chi connectivity index (χ1v) is 36.1. The van der Waals surface area contributed by atoms with Crippen LogP contribution < -0.4 is 0 Å². The molecule has 3 fully saturated rings. The highest BCUT2D eigenvalue weighted by atomic mass is 32.2. The van der Waals surface area contributed by atoms with Gasteiger partial charge in [-0.3, -0.25) is 9.98 Å². The number of allylic oxidation sites excluding steroid dienone is 1. The van der Waals surface area contributed by atoms with E-state index in [0.717, 1.165) is 77.4 Å². The van der Waals surface area contributed by atoms with Crippen molar-refractivity contribution in [1.29, 1.82) is 0 Å². The molecule has 13 nitrogen and oxygen atoms in total. The topological polar surface area (TPSA) is 106 Å². The highest BCUT2D eigenvalue weighted by Gasteiger charge is 2.51. The van der Waals surface area contributed by atoms with Crippen molar-refractivity contribution >= 4 is 63.0 Å². The monoisotopic (exact) mass is 1400 g/mol. The Hall–Kier alpha value is -5.84. The average Bonchev–Trinajstić information content (AvgIpc) is 0.750. The van der Waals surface area contributed by atoms with Gasteiger partial charge in [-0.15, -0.1) is 0 Å². The third-order valence-electron chi connectivity index (χ3n) is 24.1. The van der Waals surface area contributed by atoms with E-state index < -0.39 is 0 Å². The zero-order chi connectivity index (χ0) is 78.1. The van der Waals surface area contributed by atoms with Crippen LogP contribution in [0, 0.1) is 43.3 Å². The van der Waals surface area contributed by atoms with E-state index in [2.05, 4.69) is 317 Å². The van der Waals surface area contributed by atoms with E-state index in [0.29, 0.717) is 17.7 Å². The Morgan fingerprint density at radius 1 is 0.327 bits per heavy atom. The molecule has 0 aromatic carbocycles. The van der Waals surface area contributed by atoms with Gasteiger partial charge < -0.3 is 38.7 Å². The minimum Gasteiger partial charge on any atom is -0.448 e. The predicted octanol–water partition coefficient (Wildman–Crippen LogP) is 23.2. The Labute approximate surface area is 613 Å². The van der Waals surface area contributed by atoms with Crippen LogP contribution in [0.1, 0.15) is 215 Å². The van der Waals surface area contributed by atoms with E-state index in [1.54, 1.807) is 42.2 Å². The molecular weight excluding hydrogens is 1270 g/mol. The van der Waals surface area contributed by atoms with Crippen LogP contribution in [0.15, 0.2) is 194 Å². The van der Waals surface area contributed by atoms with Crippen molar-refractivity contribution in [1.82, 2.24) is 24.5 Å². The van der Waals surface area contributed by atoms with Gasteiger partial charge in [-0.25, -0.2) is 15.0 Å². The molecule has 0 radical (unpaired) electrons. The van der Waals surface area contributed by atoms with Gasteiger partial charge in [0.15, 0.2) is 17.7 Å². The molecule has 0 bridgehead atoms. The largest absolute Gasteiger partial charge is 0.448 e. The molecule has 0 aromatic heterocycles. The normalized spacial score (nSPS) is 25.0. The average molecular weight is 1410 g/mol. The summed E-state index contributed by atoms with van der Waals surface area (Å²) in [7, 11) is 10.2. The number of amidine groups is 1. The number of hydrogen-bond acceptors (Lipinski definition) is 16. The van der Waals surface area contributed by atoms with Gasteiger partial charge in [0.25, 0.3) is 0 Å². The van der Waals surface area contributed by atoms with E-state index in [4.69, 9.17) is 14.2 Å². The lowest BCUT2D eigenvalue weighted by Crippen LogP contribution is -2.60. The zero-order valence-electron chi connectivity index (χ0n) is 68.8. The van der Waals surface area contributed by atoms with Crippen LogP contribution in [0.5, 0.6) is 0 Å². The minimum atomic E-state index is -0.223. The maximum atomic E-state index is 5.49. The molecule has 8 heterocycles. The summed E-state index contributed by atoms with van der Waals surface area (Å²) in [4.78, 5) is 36.0. The lowest BCUT2D eigenvalue weighted by atomic mass is 9.69. The van der Waals surface area contributed by atoms with Crippen LogP contribution in [0.2, 0.25) is 0 Å². The Bertz CT molecular complexity index is 3260. The number of nitrogens with zero attached hydrogens (tertiary/aromatic N) is 10. The van der Waals surface area contributed by atoms with Gasteiger partial charge in [-0.2, -0.15) is 0 Å². The molecule has 0 saturated carbocycles. The highest BCUT2D eigenvalue weighted by Crippen LogP contribution is 2.55. The smallest absolute Gasteiger partial charge is 0.191 e. The third-order valence-corrected chi connectivity index (χ3v) is 27.6. The van der Waals surface area contributed by atoms with E-state index in [1.807, 2.05) is 67.6 Å². The summed E-state index contributed by atoms with van der Waals surface area (Å²) >= 11 is 5.05. The van der Waals surface area contributed by atoms with Crippen LogP contribution in [-0.4, -0.2) is 115 Å². The summed E-state index contributed by atoms with van der Waals surface area (Å²) in [6.45, 7) is 121. The van der Waals surface area contributed by atoms with Crippen LogP contribution in [0.3, 0.4) is 0 Å². The molecule has 16 heteroatoms. The SMILES string of the molecule is C=C1N(C)C(=C)C(C)(C)C(C)(C)N1C.C=C1N=C(C)N(C)C(=C)C1(C)C.C=C1N=C(C)OC(=C)C1(C)C.C=C1N=C(C)SC(=C)C1(C)C.C=C1OC(=C)C(C)(C)C(C)(C)N1C.C=C1OC(C)=NC(C)(C)C1(C)C.C=C1SC(=C)C(C)(C)C(C)(C)N1C.C=C1SC(C)=NC(C)(C)C1(C)C. The maximum Gasteiger partial charge on any atom is 0.191 e. The quantitative estimate of drug-likeness (QED) is 0.231. The number of aliphatic imine (C=N–C) groups is 5. The summed E-state index contributed by atoms with van der Waals surface area (Å²) in [5.41, 5.74) is 4.54. The fraction of sp³-hybridized carbons (Fsp3) is 0.598. The van der Waals surface area contributed by atoms with Gasteiger partial charge in [0, 0.05) is 126 Å². The molecule has 0 aliphatic carbocycles. The van der Waals surface area contributed by atoms with Crippen molar-refractivity contribution in [2.24, 2.45) is 68.3 Å². The number of thioether (sulfide) groups is 3. The number of rotatable bonds is 0. The molecule has 550 valence electrons. The van der Waals surface area contributed by atoms with Gasteiger partial charge in [0.05, 0.1) is 37.3 Å². The summed E-state index contributed by atoms with van der Waals surface area (Å²) in [6, 6.07) is 0. The molecule has 98 heavy (non-hydrogen) atoms. The van der Waals surface area contributed by atoms with Crippen LogP contribution in [-0.2, 0) is 14.2 Å². The lowest BCUT2D eigenvalue weighted by Gasteiger charge is -2.58. The Morgan fingerprint density at radius 3 is 1.17 bits per heavy atom. The van der Waals surface area contributed by atoms with Gasteiger partial charge >= 0.3 is 0 Å². The summed E-state index contributed by atoms with van der Waals surface area (Å²) in [5, 5.41) is 3.26. The van der Waals surface area contributed by atoms with Gasteiger partial charge in [-0.1, -0.05) is 190 Å². The lowest BCUT2D eigenvalue weighted by molar-refractivity contribution is -0.0460. The van der Waals surface area contributed by atoms with E-state index in [-0.39, 0.29) is 71.0 Å². The minimum absolute atomic E-state index is 0.0145. The molecule has 0 amide bonds. The molecule has 0 N–H and O–H groups in total. The second-order valence-electron chi connectivity index (χ2n) is 33.4. The van der Waals surface area contributed by atoms with Crippen molar-refractivity contribution in [2.75, 3.05) is 35.2 Å². The van der Waals surface area contributed by atoms with Crippen LogP contribution >= 0.6 is 35.3 Å². The van der Waals surface area contributed by atoms with Crippen molar-refractivity contribution in [3.05, 3.63) is 169 Å². The first-order valence-electron chi connectivity index (χ1n) is 33.6. The summed E-state index contributed by atoms with van der Waals surface area (Å²) < 4.78 is 16.1. The summed E-state index contributed by atoms with van der Waals surface area (Å²) in [5.74, 6) is 6.30. The van der Waals surface area contributed by atoms with E-state index >= 15 is 0 Å². The fourth-order valence-electron chi connectivity index (χ4n) is 9.95. The molecule has 3 saturated heterocycles. The Kier molecular flexibility index (Phi) is 28.3. The van der Waals surface area contributed by atoms with Gasteiger partial charge in [0.1, 0.15) is 28.9 Å². The standard InChI is InChI=1S/C12H22N2.C11H19NO.C11H19NS.C10H16N2.C10H17NO.C10H17NS.C9H13NO.C9H13NS/c1-9-11(3,4)12(5,6)14(8)10(2)13(9)7;2*1-8-10(3,4)11(5,6)12(7)9(2)13-8;1-7-10(4,5)8(2)12(6)9(3)11-7;2*1-7-9(3,4)10(5,6)11-8(2)12-7;2*1-6-9(4,5)7(2)11-8(3)10-6/h1-2H2,3-8H3;2*1-2H2,3-7H3;1-2H2,3-6H3;2*1H2,2-6H3;2*1-2H2,3-5H3. The van der Waals surface area contributed by atoms with Crippen molar-refractivity contribution in [2.45, 2.75) is 242 Å². The van der Waals surface area contributed by atoms with Crippen molar-refractivity contribution in [3.63, 3.8) is 0 Å². The maximum absolute atomic E-state index is 5.49. The molecule has 0 unspecified atom stereocenters. The summed E-state index contributed by atoms with van der Waals surface area (Å²) in [6.07, 6.45) is 0. The van der Waals surface area contributed by atoms with Crippen molar-refractivity contribution in [3.8, 4) is 0 Å². The van der Waals surface area contributed by atoms with E-state index in [9.17, 15) is 0 Å². The fourth-order valence-corrected chi connectivity index (χ4v) is 13.1. The molecule has 8 aliphatic rings. The van der Waals surface area contributed by atoms with Crippen LogP contribution in [0.25, 0.3) is 0 Å². The zero-order valence-corrected chi connectivity index (χ0v) is 71.3. The second kappa shape index (κ2) is 30.8. The highest BCUT2D eigenvalue weighted by molar-refractivity contribution is 8.17. The van der Waals surface area contributed by atoms with Gasteiger partial charge in [-0.05, 0) is 153 Å². The Balaban J connectivity index is 0.000000561. The first kappa shape index (κ1) is 90.2. The molecule has 8 rings (SSSR count).